The molecule has 0 aromatic heterocycles. The van der Waals surface area contributed by atoms with Gasteiger partial charge in [-0.15, -0.1) is 0 Å². The molecule has 0 bridgehead atoms. The summed E-state index contributed by atoms with van der Waals surface area (Å²) in [6, 6.07) is 3.81. The second-order valence-electron chi connectivity index (χ2n) is 10.0. The van der Waals surface area contributed by atoms with E-state index in [-0.39, 0.29) is 41.0 Å². The van der Waals surface area contributed by atoms with Crippen LogP contribution in [0.15, 0.2) is 18.2 Å². The highest BCUT2D eigenvalue weighted by Crippen LogP contribution is 2.31. The highest BCUT2D eigenvalue weighted by molar-refractivity contribution is 6.21. The minimum absolute atomic E-state index is 0.0124. The van der Waals surface area contributed by atoms with E-state index in [2.05, 4.69) is 5.32 Å². The molecule has 32 heavy (non-hydrogen) atoms. The molecule has 3 N–H and O–H groups in total. The number of nitrogens with one attached hydrogen (secondary N) is 1. The molecule has 7 nitrogen and oxygen atoms in total. The molecular weight excluding hydrogens is 413 g/mol. The van der Waals surface area contributed by atoms with Crippen LogP contribution in [0.2, 0.25) is 0 Å². The van der Waals surface area contributed by atoms with E-state index in [0.29, 0.717) is 19.6 Å². The molecule has 1 aliphatic heterocycles. The lowest BCUT2D eigenvalue weighted by molar-refractivity contribution is -0.122. The van der Waals surface area contributed by atoms with Crippen LogP contribution in [0.3, 0.4) is 0 Å². The topological polar surface area (TPSA) is 102 Å². The molecule has 1 fully saturated rings. The van der Waals surface area contributed by atoms with E-state index >= 15 is 0 Å². The van der Waals surface area contributed by atoms with E-state index in [1.54, 1.807) is 0 Å². The molecule has 3 amide bonds. The lowest BCUT2D eigenvalue weighted by Gasteiger charge is -2.30. The fourth-order valence-electron chi connectivity index (χ4n) is 3.71. The Morgan fingerprint density at radius 2 is 1.91 bits per heavy atom. The molecule has 1 aromatic rings. The maximum absolute atomic E-state index is 14.8. The van der Waals surface area contributed by atoms with Crippen LogP contribution >= 0.6 is 0 Å². The number of benzene rings is 1. The van der Waals surface area contributed by atoms with Crippen molar-refractivity contribution in [2.75, 3.05) is 18.1 Å². The van der Waals surface area contributed by atoms with Gasteiger partial charge >= 0.3 is 0 Å². The van der Waals surface area contributed by atoms with Crippen molar-refractivity contribution in [2.24, 2.45) is 17.6 Å². The summed E-state index contributed by atoms with van der Waals surface area (Å²) in [5, 5.41) is 2.83. The Balaban J connectivity index is 2.05. The lowest BCUT2D eigenvalue weighted by Crippen LogP contribution is -2.45. The summed E-state index contributed by atoms with van der Waals surface area (Å²) >= 11 is 0. The predicted octanol–water partition coefficient (Wildman–Crippen LogP) is 3.40. The summed E-state index contributed by atoms with van der Waals surface area (Å²) in [6.07, 6.45) is 1.36. The van der Waals surface area contributed by atoms with Crippen LogP contribution < -0.4 is 16.0 Å². The Morgan fingerprint density at radius 1 is 1.25 bits per heavy atom. The SMILES string of the molecule is CC(C)C1CC(=O)N(c2ccc(C(=O)NC(C)(C)CCOC(C)(C)CCN)c(F)c2)C1=O. The quantitative estimate of drug-likeness (QED) is 0.533. The zero-order chi connectivity index (χ0) is 24.3. The van der Waals surface area contributed by atoms with E-state index in [1.165, 1.54) is 12.1 Å². The zero-order valence-corrected chi connectivity index (χ0v) is 20.0. The number of carbonyl (C=O) groups is 3. The first-order valence-corrected chi connectivity index (χ1v) is 11.1. The van der Waals surface area contributed by atoms with Crippen LogP contribution in [-0.4, -0.2) is 42.0 Å². The van der Waals surface area contributed by atoms with Crippen molar-refractivity contribution in [3.63, 3.8) is 0 Å². The maximum Gasteiger partial charge on any atom is 0.254 e. The molecule has 0 radical (unpaired) electrons. The van der Waals surface area contributed by atoms with E-state index < -0.39 is 23.2 Å². The second kappa shape index (κ2) is 10.1. The molecule has 178 valence electrons. The molecule has 0 aliphatic carbocycles. The number of imide groups is 1. The highest BCUT2D eigenvalue weighted by Gasteiger charge is 2.41. The first kappa shape index (κ1) is 25.9. The van der Waals surface area contributed by atoms with Crippen molar-refractivity contribution in [1.29, 1.82) is 0 Å². The van der Waals surface area contributed by atoms with Crippen LogP contribution in [0.5, 0.6) is 0 Å². The number of carbonyl (C=O) groups excluding carboxylic acids is 3. The number of halogens is 1. The summed E-state index contributed by atoms with van der Waals surface area (Å²) in [5.41, 5.74) is 4.60. The van der Waals surface area contributed by atoms with Gasteiger partial charge in [-0.1, -0.05) is 13.8 Å². The van der Waals surface area contributed by atoms with Gasteiger partial charge in [0.15, 0.2) is 0 Å². The summed E-state index contributed by atoms with van der Waals surface area (Å²) in [6.45, 7) is 12.3. The van der Waals surface area contributed by atoms with Gasteiger partial charge in [0.1, 0.15) is 5.82 Å². The minimum Gasteiger partial charge on any atom is -0.375 e. The monoisotopic (exact) mass is 449 g/mol. The maximum atomic E-state index is 14.8. The standard InChI is InChI=1S/C24H36FN3O4/c1-15(2)18-14-20(29)28(22(18)31)16-7-8-17(19(25)13-16)21(30)27-23(3,4)10-12-32-24(5,6)9-11-26/h7-8,13,15,18H,9-12,14,26H2,1-6H3,(H,27,30). The molecule has 1 atom stereocenters. The molecular formula is C24H36FN3O4. The van der Waals surface area contributed by atoms with Crippen LogP contribution in [0, 0.1) is 17.7 Å². The first-order chi connectivity index (χ1) is 14.8. The van der Waals surface area contributed by atoms with Crippen molar-refractivity contribution < 1.29 is 23.5 Å². The van der Waals surface area contributed by atoms with Crippen molar-refractivity contribution >= 4 is 23.4 Å². The average Bonchev–Trinajstić information content (AvgIpc) is 2.95. The van der Waals surface area contributed by atoms with Gasteiger partial charge in [-0.25, -0.2) is 4.39 Å². The van der Waals surface area contributed by atoms with E-state index in [1.807, 2.05) is 41.5 Å². The fraction of sp³-hybridized carbons (Fsp3) is 0.625. The summed E-state index contributed by atoms with van der Waals surface area (Å²) in [5.74, 6) is -2.45. The normalized spacial score (nSPS) is 17.4. The molecule has 0 spiro atoms. The number of anilines is 1. The number of rotatable bonds is 10. The number of ether oxygens (including phenoxy) is 1. The third-order valence-corrected chi connectivity index (χ3v) is 5.86. The number of nitrogens with two attached hydrogens (primary N) is 1. The lowest BCUT2D eigenvalue weighted by atomic mass is 9.94. The number of hydrogen-bond donors (Lipinski definition) is 2. The largest absolute Gasteiger partial charge is 0.375 e. The Hall–Kier alpha value is -2.32. The van der Waals surface area contributed by atoms with Gasteiger partial charge in [0, 0.05) is 18.6 Å². The Bertz CT molecular complexity index is 867. The average molecular weight is 450 g/mol. The molecule has 8 heteroatoms. The summed E-state index contributed by atoms with van der Waals surface area (Å²) in [7, 11) is 0. The van der Waals surface area contributed by atoms with Crippen LogP contribution in [0.4, 0.5) is 10.1 Å². The van der Waals surface area contributed by atoms with Crippen molar-refractivity contribution in [3.05, 3.63) is 29.6 Å². The Labute approximate surface area is 189 Å². The predicted molar refractivity (Wildman–Crippen MR) is 122 cm³/mol. The number of amides is 3. The molecule has 1 heterocycles. The van der Waals surface area contributed by atoms with Crippen LogP contribution in [0.25, 0.3) is 0 Å². The smallest absolute Gasteiger partial charge is 0.254 e. The first-order valence-electron chi connectivity index (χ1n) is 11.1. The molecule has 1 aliphatic rings. The van der Waals surface area contributed by atoms with Crippen molar-refractivity contribution in [1.82, 2.24) is 5.32 Å². The summed E-state index contributed by atoms with van der Waals surface area (Å²) in [4.78, 5) is 38.6. The minimum atomic E-state index is -0.787. The fourth-order valence-corrected chi connectivity index (χ4v) is 3.71. The van der Waals surface area contributed by atoms with Crippen LogP contribution in [-0.2, 0) is 14.3 Å². The van der Waals surface area contributed by atoms with Crippen molar-refractivity contribution in [2.45, 2.75) is 71.9 Å². The molecule has 1 unspecified atom stereocenters. The number of hydrogen-bond acceptors (Lipinski definition) is 5. The van der Waals surface area contributed by atoms with Gasteiger partial charge in [0.05, 0.1) is 22.8 Å². The molecule has 0 saturated carbocycles. The van der Waals surface area contributed by atoms with Gasteiger partial charge in [-0.05, 0) is 71.2 Å². The van der Waals surface area contributed by atoms with E-state index in [0.717, 1.165) is 17.4 Å². The highest BCUT2D eigenvalue weighted by atomic mass is 19.1. The zero-order valence-electron chi connectivity index (χ0n) is 20.0. The third-order valence-electron chi connectivity index (χ3n) is 5.86. The molecule has 2 rings (SSSR count). The molecule has 1 aromatic carbocycles. The van der Waals surface area contributed by atoms with E-state index in [4.69, 9.17) is 10.5 Å². The van der Waals surface area contributed by atoms with Crippen LogP contribution in [0.1, 0.15) is 71.2 Å². The molecule has 1 saturated heterocycles. The third kappa shape index (κ3) is 6.36. The van der Waals surface area contributed by atoms with E-state index in [9.17, 15) is 18.8 Å². The van der Waals surface area contributed by atoms with Gasteiger partial charge < -0.3 is 15.8 Å². The summed E-state index contributed by atoms with van der Waals surface area (Å²) < 4.78 is 20.6. The van der Waals surface area contributed by atoms with Gasteiger partial charge in [-0.2, -0.15) is 0 Å². The van der Waals surface area contributed by atoms with Crippen molar-refractivity contribution in [3.8, 4) is 0 Å². The Morgan fingerprint density at radius 3 is 2.44 bits per heavy atom. The van der Waals surface area contributed by atoms with Gasteiger partial charge in [0.2, 0.25) is 11.8 Å². The second-order valence-corrected chi connectivity index (χ2v) is 10.0. The van der Waals surface area contributed by atoms with Gasteiger partial charge in [-0.3, -0.25) is 19.3 Å². The van der Waals surface area contributed by atoms with Gasteiger partial charge in [0.25, 0.3) is 5.91 Å². The Kier molecular flexibility index (Phi) is 8.17. The number of nitrogens with zero attached hydrogens (tertiary/aromatic N) is 1.